The number of hydrogen-bond acceptors (Lipinski definition) is 5. The number of nitrogens with zero attached hydrogens (tertiary/aromatic N) is 3. The summed E-state index contributed by atoms with van der Waals surface area (Å²) < 4.78 is 23.8. The molecule has 0 aromatic carbocycles. The van der Waals surface area contributed by atoms with Crippen LogP contribution < -0.4 is 10.6 Å². The number of hydrogen-bond donors (Lipinski definition) is 2. The third-order valence-corrected chi connectivity index (χ3v) is 3.75. The van der Waals surface area contributed by atoms with Gasteiger partial charge in [0.1, 0.15) is 0 Å². The Morgan fingerprint density at radius 3 is 2.94 bits per heavy atom. The molecule has 2 N–H and O–H groups in total. The van der Waals surface area contributed by atoms with Gasteiger partial charge in [-0.3, -0.25) is 10.00 Å². The van der Waals surface area contributed by atoms with Gasteiger partial charge in [0.15, 0.2) is 15.7 Å². The highest BCUT2D eigenvalue weighted by Crippen LogP contribution is 2.08. The molecular weight excluding hydrogens is 258 g/mol. The molecule has 0 saturated heterocycles. The number of aryl methyl sites for hydroxylation is 1. The average Bonchev–Trinajstić information content (AvgIpc) is 2.85. The quantitative estimate of drug-likeness (QED) is 0.787. The van der Waals surface area contributed by atoms with E-state index in [2.05, 4.69) is 20.9 Å². The van der Waals surface area contributed by atoms with Crippen molar-refractivity contribution in [2.24, 2.45) is 0 Å². The van der Waals surface area contributed by atoms with Gasteiger partial charge in [-0.05, 0) is 13.0 Å². The molecule has 98 valence electrons. The third-order valence-electron chi connectivity index (χ3n) is 2.35. The van der Waals surface area contributed by atoms with Crippen LogP contribution in [0, 0.1) is 0 Å². The van der Waals surface area contributed by atoms with Crippen molar-refractivity contribution in [3.63, 3.8) is 0 Å². The molecule has 2 heterocycles. The molecule has 2 amide bonds. The molecule has 0 unspecified atom stereocenters. The van der Waals surface area contributed by atoms with Crippen LogP contribution in [-0.4, -0.2) is 41.2 Å². The first-order valence-electron chi connectivity index (χ1n) is 5.37. The largest absolute Gasteiger partial charge is 0.331 e. The molecule has 1 aliphatic heterocycles. The highest BCUT2D eigenvalue weighted by atomic mass is 32.2. The lowest BCUT2D eigenvalue weighted by atomic mass is 10.3. The molecule has 8 nitrogen and oxygen atoms in total. The Morgan fingerprint density at radius 2 is 2.39 bits per heavy atom. The SMILES string of the molecule is CCn1cc(NC(=O)N[C@@H]2C=CS(=O)(=O)C2)nn1. The van der Waals surface area contributed by atoms with E-state index in [1.54, 1.807) is 10.9 Å². The van der Waals surface area contributed by atoms with Gasteiger partial charge in [-0.2, -0.15) is 0 Å². The fraction of sp³-hybridized carbons (Fsp3) is 0.444. The van der Waals surface area contributed by atoms with E-state index in [4.69, 9.17) is 0 Å². The van der Waals surface area contributed by atoms with E-state index in [0.717, 1.165) is 5.41 Å². The zero-order valence-electron chi connectivity index (χ0n) is 9.70. The monoisotopic (exact) mass is 271 g/mol. The maximum atomic E-state index is 11.5. The molecule has 1 aliphatic rings. The van der Waals surface area contributed by atoms with Crippen molar-refractivity contribution in [2.75, 3.05) is 11.1 Å². The minimum atomic E-state index is -3.17. The Hall–Kier alpha value is -1.90. The van der Waals surface area contributed by atoms with E-state index < -0.39 is 21.9 Å². The summed E-state index contributed by atoms with van der Waals surface area (Å²) in [7, 11) is -3.17. The molecule has 1 atom stereocenters. The number of aromatic nitrogens is 3. The van der Waals surface area contributed by atoms with E-state index in [-0.39, 0.29) is 5.75 Å². The Labute approximate surface area is 104 Å². The second kappa shape index (κ2) is 4.77. The van der Waals surface area contributed by atoms with Crippen LogP contribution in [0.25, 0.3) is 0 Å². The van der Waals surface area contributed by atoms with Gasteiger partial charge in [0.2, 0.25) is 0 Å². The molecule has 0 radical (unpaired) electrons. The van der Waals surface area contributed by atoms with Crippen molar-refractivity contribution in [1.82, 2.24) is 20.3 Å². The summed E-state index contributed by atoms with van der Waals surface area (Å²) in [5.41, 5.74) is 0. The smallest absolute Gasteiger partial charge is 0.320 e. The maximum Gasteiger partial charge on any atom is 0.320 e. The van der Waals surface area contributed by atoms with Crippen molar-refractivity contribution in [3.8, 4) is 0 Å². The van der Waals surface area contributed by atoms with Crippen molar-refractivity contribution in [1.29, 1.82) is 0 Å². The van der Waals surface area contributed by atoms with Crippen LogP contribution in [0.3, 0.4) is 0 Å². The molecule has 1 aromatic heterocycles. The fourth-order valence-corrected chi connectivity index (χ4v) is 2.73. The Morgan fingerprint density at radius 1 is 1.61 bits per heavy atom. The highest BCUT2D eigenvalue weighted by molar-refractivity contribution is 7.94. The summed E-state index contributed by atoms with van der Waals surface area (Å²) in [6.07, 6.45) is 3.03. The summed E-state index contributed by atoms with van der Waals surface area (Å²) in [5, 5.41) is 13.6. The highest BCUT2D eigenvalue weighted by Gasteiger charge is 2.23. The first-order valence-corrected chi connectivity index (χ1v) is 7.08. The molecule has 9 heteroatoms. The second-order valence-electron chi connectivity index (χ2n) is 3.82. The standard InChI is InChI=1S/C9H13N5O3S/c1-2-14-5-8(12-13-14)11-9(15)10-7-3-4-18(16,17)6-7/h3-5,7H,2,6H2,1H3,(H2,10,11,15)/t7-/m1/s1. The molecule has 0 spiro atoms. The van der Waals surface area contributed by atoms with Crippen molar-refractivity contribution in [2.45, 2.75) is 19.5 Å². The first kappa shape index (κ1) is 12.6. The van der Waals surface area contributed by atoms with Crippen LogP contribution in [0.15, 0.2) is 17.7 Å². The number of carbonyl (C=O) groups is 1. The van der Waals surface area contributed by atoms with Gasteiger partial charge in [-0.1, -0.05) is 5.21 Å². The van der Waals surface area contributed by atoms with Gasteiger partial charge >= 0.3 is 6.03 Å². The summed E-state index contributed by atoms with van der Waals surface area (Å²) in [5.74, 6) is 0.210. The average molecular weight is 271 g/mol. The van der Waals surface area contributed by atoms with Crippen molar-refractivity contribution in [3.05, 3.63) is 17.7 Å². The van der Waals surface area contributed by atoms with E-state index >= 15 is 0 Å². The number of nitrogens with one attached hydrogen (secondary N) is 2. The lowest BCUT2D eigenvalue weighted by Gasteiger charge is -2.09. The normalized spacial score (nSPS) is 20.8. The Kier molecular flexibility index (Phi) is 3.32. The number of amides is 2. The molecule has 0 aliphatic carbocycles. The van der Waals surface area contributed by atoms with E-state index in [9.17, 15) is 13.2 Å². The molecule has 0 fully saturated rings. The lowest BCUT2D eigenvalue weighted by molar-refractivity contribution is 0.251. The molecule has 0 bridgehead atoms. The zero-order valence-corrected chi connectivity index (χ0v) is 10.5. The van der Waals surface area contributed by atoms with Crippen LogP contribution >= 0.6 is 0 Å². The Bertz CT molecular complexity index is 577. The number of sulfone groups is 1. The van der Waals surface area contributed by atoms with E-state index in [1.807, 2.05) is 6.92 Å². The van der Waals surface area contributed by atoms with Crippen molar-refractivity contribution >= 4 is 21.7 Å². The van der Waals surface area contributed by atoms with Crippen LogP contribution in [0.2, 0.25) is 0 Å². The maximum absolute atomic E-state index is 11.5. The molecule has 0 saturated carbocycles. The summed E-state index contributed by atoms with van der Waals surface area (Å²) in [6.45, 7) is 2.55. The summed E-state index contributed by atoms with van der Waals surface area (Å²) >= 11 is 0. The van der Waals surface area contributed by atoms with Gasteiger partial charge < -0.3 is 5.32 Å². The first-order chi connectivity index (χ1) is 8.48. The van der Waals surface area contributed by atoms with E-state index in [0.29, 0.717) is 12.4 Å². The topological polar surface area (TPSA) is 106 Å². The molecule has 2 rings (SSSR count). The minimum absolute atomic E-state index is 0.109. The number of urea groups is 1. The van der Waals surface area contributed by atoms with Gasteiger partial charge in [0, 0.05) is 12.0 Å². The van der Waals surface area contributed by atoms with Gasteiger partial charge in [-0.25, -0.2) is 13.2 Å². The molecule has 18 heavy (non-hydrogen) atoms. The number of anilines is 1. The fourth-order valence-electron chi connectivity index (χ4n) is 1.50. The third kappa shape index (κ3) is 3.06. The predicted molar refractivity (Wildman–Crippen MR) is 64.6 cm³/mol. The molecular formula is C9H13N5O3S. The predicted octanol–water partition coefficient (Wildman–Crippen LogP) is -0.270. The second-order valence-corrected chi connectivity index (χ2v) is 5.75. The molecule has 1 aromatic rings. The van der Waals surface area contributed by atoms with E-state index in [1.165, 1.54) is 6.08 Å². The van der Waals surface area contributed by atoms with Crippen LogP contribution in [0.4, 0.5) is 10.6 Å². The lowest BCUT2D eigenvalue weighted by Crippen LogP contribution is -2.38. The number of rotatable bonds is 3. The summed E-state index contributed by atoms with van der Waals surface area (Å²) in [4.78, 5) is 11.5. The van der Waals surface area contributed by atoms with Crippen LogP contribution in [-0.2, 0) is 16.4 Å². The number of carbonyl (C=O) groups excluding carboxylic acids is 1. The zero-order chi connectivity index (χ0) is 13.2. The van der Waals surface area contributed by atoms with Crippen LogP contribution in [0.5, 0.6) is 0 Å². The Balaban J connectivity index is 1.88. The van der Waals surface area contributed by atoms with Gasteiger partial charge in [-0.15, -0.1) is 5.10 Å². The van der Waals surface area contributed by atoms with Crippen LogP contribution in [0.1, 0.15) is 6.92 Å². The summed E-state index contributed by atoms with van der Waals surface area (Å²) in [6, 6.07) is -1.01. The van der Waals surface area contributed by atoms with Crippen molar-refractivity contribution < 1.29 is 13.2 Å². The van der Waals surface area contributed by atoms with Gasteiger partial charge in [0.05, 0.1) is 18.0 Å². The minimum Gasteiger partial charge on any atom is -0.331 e. The van der Waals surface area contributed by atoms with Gasteiger partial charge in [0.25, 0.3) is 0 Å².